The van der Waals surface area contributed by atoms with Crippen LogP contribution < -0.4 is 68.0 Å². The van der Waals surface area contributed by atoms with Crippen molar-refractivity contribution in [3.8, 4) is 0 Å². The third-order valence-corrected chi connectivity index (χ3v) is 2.42. The number of hydrogen-bond donors (Lipinski definition) is 3. The van der Waals surface area contributed by atoms with Crippen molar-refractivity contribution in [2.45, 2.75) is 4.90 Å². The van der Waals surface area contributed by atoms with E-state index in [1.165, 1.54) is 24.3 Å². The Bertz CT molecular complexity index is 460. The van der Waals surface area contributed by atoms with Crippen LogP contribution in [0.15, 0.2) is 29.2 Å². The summed E-state index contributed by atoms with van der Waals surface area (Å²) in [4.78, 5) is -0.289. The first-order valence-corrected chi connectivity index (χ1v) is 5.58. The van der Waals surface area contributed by atoms with Crippen molar-refractivity contribution < 1.29 is 64.4 Å². The number of hydrazine groups is 1. The minimum Gasteiger partial charge on any atom is -0.744 e. The van der Waals surface area contributed by atoms with Crippen molar-refractivity contribution in [2.75, 3.05) is 5.43 Å². The number of hydrogen-bond acceptors (Lipinski definition) is 5. The summed E-state index contributed by atoms with van der Waals surface area (Å²) in [6.45, 7) is 0. The zero-order valence-corrected chi connectivity index (χ0v) is 13.2. The van der Waals surface area contributed by atoms with Crippen molar-refractivity contribution in [1.29, 1.82) is 0 Å². The molecule has 1 aromatic carbocycles. The van der Waals surface area contributed by atoms with Gasteiger partial charge < -0.3 is 10.3 Å². The van der Waals surface area contributed by atoms with E-state index in [0.29, 0.717) is 5.69 Å². The van der Waals surface area contributed by atoms with E-state index < -0.39 is 10.1 Å². The Kier molecular flexibility index (Phi) is 6.97. The molecular formula is C7H8KN3O3S2. The fourth-order valence-corrected chi connectivity index (χ4v) is 1.36. The Hall–Kier alpha value is 0.256. The maximum Gasteiger partial charge on any atom is 1.00 e. The SMILES string of the molecule is NC(=S)NNc1ccc(S(=O)(=O)[O-])cc1.[K+]. The van der Waals surface area contributed by atoms with Gasteiger partial charge in [0.1, 0.15) is 10.1 Å². The van der Waals surface area contributed by atoms with Crippen LogP contribution in [0.5, 0.6) is 0 Å². The van der Waals surface area contributed by atoms with Gasteiger partial charge in [0.25, 0.3) is 0 Å². The molecule has 0 aliphatic heterocycles. The number of benzene rings is 1. The van der Waals surface area contributed by atoms with Gasteiger partial charge in [-0.15, -0.1) is 0 Å². The van der Waals surface area contributed by atoms with E-state index in [9.17, 15) is 13.0 Å². The van der Waals surface area contributed by atoms with Crippen LogP contribution >= 0.6 is 12.2 Å². The van der Waals surface area contributed by atoms with Gasteiger partial charge in [-0.05, 0) is 36.5 Å². The summed E-state index contributed by atoms with van der Waals surface area (Å²) in [6.07, 6.45) is 0. The average molecular weight is 285 g/mol. The van der Waals surface area contributed by atoms with Gasteiger partial charge in [0, 0.05) is 0 Å². The standard InChI is InChI=1S/C7H9N3O3S2.K/c8-7(14)10-9-5-1-3-6(4-2-5)15(11,12)13;/h1-4,9H,(H3,8,10,14)(H,11,12,13);/q;+1/p-1. The molecule has 0 fully saturated rings. The van der Waals surface area contributed by atoms with Gasteiger partial charge in [-0.1, -0.05) is 0 Å². The van der Waals surface area contributed by atoms with Crippen molar-refractivity contribution in [3.63, 3.8) is 0 Å². The normalized spacial score (nSPS) is 10.1. The van der Waals surface area contributed by atoms with Gasteiger partial charge in [-0.3, -0.25) is 10.9 Å². The van der Waals surface area contributed by atoms with E-state index >= 15 is 0 Å². The van der Waals surface area contributed by atoms with E-state index in [1.54, 1.807) is 0 Å². The summed E-state index contributed by atoms with van der Waals surface area (Å²) >= 11 is 4.54. The van der Waals surface area contributed by atoms with Crippen LogP contribution in [-0.2, 0) is 10.1 Å². The predicted octanol–water partition coefficient (Wildman–Crippen LogP) is -3.25. The molecule has 16 heavy (non-hydrogen) atoms. The second-order valence-corrected chi connectivity index (χ2v) is 4.41. The number of nitrogens with two attached hydrogens (primary N) is 1. The first kappa shape index (κ1) is 16.3. The average Bonchev–Trinajstić information content (AvgIpc) is 2.14. The van der Waals surface area contributed by atoms with E-state index in [0.717, 1.165) is 0 Å². The molecule has 0 spiro atoms. The molecule has 1 rings (SSSR count). The molecule has 9 heteroatoms. The quantitative estimate of drug-likeness (QED) is 0.232. The van der Waals surface area contributed by atoms with Crippen LogP contribution in [-0.4, -0.2) is 18.1 Å². The van der Waals surface area contributed by atoms with E-state index in [2.05, 4.69) is 23.1 Å². The monoisotopic (exact) mass is 285 g/mol. The van der Waals surface area contributed by atoms with Crippen molar-refractivity contribution in [1.82, 2.24) is 5.43 Å². The molecule has 1 aromatic rings. The van der Waals surface area contributed by atoms with Gasteiger partial charge in [-0.25, -0.2) is 8.42 Å². The number of rotatable bonds is 3. The first-order chi connectivity index (χ1) is 6.89. The summed E-state index contributed by atoms with van der Waals surface area (Å²) in [5.74, 6) is 0. The largest absolute Gasteiger partial charge is 1.00 e. The van der Waals surface area contributed by atoms with Crippen molar-refractivity contribution in [2.24, 2.45) is 5.73 Å². The zero-order chi connectivity index (χ0) is 11.5. The Labute approximate surface area is 141 Å². The summed E-state index contributed by atoms with van der Waals surface area (Å²) in [6, 6.07) is 5.20. The summed E-state index contributed by atoms with van der Waals surface area (Å²) in [7, 11) is -4.40. The van der Waals surface area contributed by atoms with Crippen LogP contribution in [0.25, 0.3) is 0 Å². The minimum absolute atomic E-state index is 0. The molecule has 4 N–H and O–H groups in total. The van der Waals surface area contributed by atoms with E-state index in [1.807, 2.05) is 0 Å². The summed E-state index contributed by atoms with van der Waals surface area (Å²) in [5, 5.41) is 0.0514. The molecule has 0 radical (unpaired) electrons. The predicted molar refractivity (Wildman–Crippen MR) is 57.9 cm³/mol. The second kappa shape index (κ2) is 6.86. The molecule has 6 nitrogen and oxygen atoms in total. The molecule has 0 saturated heterocycles. The van der Waals surface area contributed by atoms with E-state index in [-0.39, 0.29) is 61.4 Å². The molecular weight excluding hydrogens is 277 g/mol. The molecule has 0 atom stereocenters. The second-order valence-electron chi connectivity index (χ2n) is 2.59. The molecule has 0 unspecified atom stereocenters. The number of nitrogens with one attached hydrogen (secondary N) is 2. The van der Waals surface area contributed by atoms with Crippen molar-refractivity contribution >= 4 is 33.1 Å². The van der Waals surface area contributed by atoms with Crippen LogP contribution in [0.1, 0.15) is 0 Å². The van der Waals surface area contributed by atoms with Gasteiger partial charge in [-0.2, -0.15) is 0 Å². The van der Waals surface area contributed by atoms with Gasteiger partial charge in [0.2, 0.25) is 0 Å². The molecule has 0 amide bonds. The fourth-order valence-electron chi connectivity index (χ4n) is 0.839. The van der Waals surface area contributed by atoms with Crippen LogP contribution in [0.3, 0.4) is 0 Å². The van der Waals surface area contributed by atoms with Crippen LogP contribution in [0.4, 0.5) is 5.69 Å². The Morgan fingerprint density at radius 1 is 1.31 bits per heavy atom. The Morgan fingerprint density at radius 3 is 2.19 bits per heavy atom. The minimum atomic E-state index is -4.40. The molecule has 0 aromatic heterocycles. The molecule has 0 saturated carbocycles. The van der Waals surface area contributed by atoms with Gasteiger partial charge in [0.15, 0.2) is 5.11 Å². The number of anilines is 1. The summed E-state index contributed by atoms with van der Waals surface area (Å²) in [5.41, 5.74) is 10.7. The van der Waals surface area contributed by atoms with E-state index in [4.69, 9.17) is 5.73 Å². The molecule has 0 bridgehead atoms. The molecule has 0 aliphatic carbocycles. The Balaban J connectivity index is 0.00000225. The van der Waals surface area contributed by atoms with Crippen LogP contribution in [0.2, 0.25) is 0 Å². The first-order valence-electron chi connectivity index (χ1n) is 3.77. The fraction of sp³-hybridized carbons (Fsp3) is 0. The topological polar surface area (TPSA) is 107 Å². The molecule has 0 heterocycles. The third kappa shape index (κ3) is 5.54. The van der Waals surface area contributed by atoms with Gasteiger partial charge in [0.05, 0.1) is 10.6 Å². The third-order valence-electron chi connectivity index (χ3n) is 1.47. The molecule has 82 valence electrons. The molecule has 0 aliphatic rings. The van der Waals surface area contributed by atoms with Gasteiger partial charge >= 0.3 is 51.4 Å². The Morgan fingerprint density at radius 2 is 1.81 bits per heavy atom. The number of thiocarbonyl (C=S) groups is 1. The maximum absolute atomic E-state index is 10.6. The van der Waals surface area contributed by atoms with Crippen molar-refractivity contribution in [3.05, 3.63) is 24.3 Å². The van der Waals surface area contributed by atoms with Crippen LogP contribution in [0, 0.1) is 0 Å². The smallest absolute Gasteiger partial charge is 0.744 e. The zero-order valence-electron chi connectivity index (χ0n) is 8.43. The maximum atomic E-state index is 10.6. The summed E-state index contributed by atoms with van der Waals surface area (Å²) < 4.78 is 31.7.